The molecule has 5 N–H and O–H groups in total. The van der Waals surface area contributed by atoms with Gasteiger partial charge in [0, 0.05) is 37.2 Å². The highest BCUT2D eigenvalue weighted by Crippen LogP contribution is 2.36. The topological polar surface area (TPSA) is 95.4 Å². The fourth-order valence-corrected chi connectivity index (χ4v) is 4.16. The van der Waals surface area contributed by atoms with Gasteiger partial charge in [-0.05, 0) is 60.7 Å². The number of phenolic OH excluding ortho intramolecular Hbond substituents is 2. The molecule has 1 aliphatic rings. The molecule has 3 aromatic rings. The summed E-state index contributed by atoms with van der Waals surface area (Å²) in [6, 6.07) is 18.5. The summed E-state index contributed by atoms with van der Waals surface area (Å²) in [7, 11) is 0. The number of nitrogens with zero attached hydrogens (tertiary/aromatic N) is 1. The van der Waals surface area contributed by atoms with E-state index in [2.05, 4.69) is 60.4 Å². The molecule has 1 saturated heterocycles. The quantitative estimate of drug-likeness (QED) is 0.555. The Morgan fingerprint density at radius 3 is 1.81 bits per heavy atom. The van der Waals surface area contributed by atoms with E-state index in [0.717, 1.165) is 40.9 Å². The van der Waals surface area contributed by atoms with Gasteiger partial charge in [0.25, 0.3) is 0 Å². The molecule has 5 heteroatoms. The van der Waals surface area contributed by atoms with Crippen LogP contribution in [0.2, 0.25) is 0 Å². The highest BCUT2D eigenvalue weighted by atomic mass is 16.3. The van der Waals surface area contributed by atoms with Crippen molar-refractivity contribution in [2.45, 2.75) is 46.6 Å². The van der Waals surface area contributed by atoms with Crippen LogP contribution in [0, 0.1) is 13.8 Å². The fourth-order valence-electron chi connectivity index (χ4n) is 4.16. The Kier molecular flexibility index (Phi) is 8.31. The molecule has 0 aliphatic carbocycles. The lowest BCUT2D eigenvalue weighted by molar-refractivity contribution is 0.198. The molecule has 0 bridgehead atoms. The average molecular weight is 438 g/mol. The van der Waals surface area contributed by atoms with Gasteiger partial charge < -0.3 is 25.7 Å². The van der Waals surface area contributed by atoms with Crippen LogP contribution >= 0.6 is 0 Å². The minimum Gasteiger partial charge on any atom is -0.507 e. The number of β-amino-alcohol motifs (C(OH)–C–C–N with tert-alkyl or cyclic N) is 1. The first-order valence-corrected chi connectivity index (χ1v) is 10.5. The highest BCUT2D eigenvalue weighted by Gasteiger charge is 2.20. The van der Waals surface area contributed by atoms with Gasteiger partial charge in [0.1, 0.15) is 11.5 Å². The van der Waals surface area contributed by atoms with Crippen molar-refractivity contribution < 1.29 is 20.8 Å². The summed E-state index contributed by atoms with van der Waals surface area (Å²) >= 11 is 0. The third kappa shape index (κ3) is 5.42. The maximum Gasteiger partial charge on any atom is 0.125 e. The second-order valence-corrected chi connectivity index (χ2v) is 8.41. The Labute approximate surface area is 190 Å². The summed E-state index contributed by atoms with van der Waals surface area (Å²) < 4.78 is 0. The van der Waals surface area contributed by atoms with E-state index in [0.29, 0.717) is 24.9 Å². The van der Waals surface area contributed by atoms with Crippen LogP contribution in [-0.4, -0.2) is 40.0 Å². The first-order valence-electron chi connectivity index (χ1n) is 10.5. The summed E-state index contributed by atoms with van der Waals surface area (Å²) in [5, 5.41) is 30.9. The second kappa shape index (κ2) is 10.5. The van der Waals surface area contributed by atoms with E-state index in [4.69, 9.17) is 0 Å². The zero-order chi connectivity index (χ0) is 21.3. The summed E-state index contributed by atoms with van der Waals surface area (Å²) in [6.07, 6.45) is 1.79. The molecule has 0 aromatic heterocycles. The van der Waals surface area contributed by atoms with Crippen molar-refractivity contribution in [3.8, 4) is 11.5 Å². The van der Waals surface area contributed by atoms with Crippen molar-refractivity contribution in [1.29, 1.82) is 0 Å². The highest BCUT2D eigenvalue weighted by molar-refractivity contribution is 5.56. The molecular formula is C27H35NO4. The van der Waals surface area contributed by atoms with Crippen LogP contribution in [-0.2, 0) is 12.8 Å². The number of aromatic hydroxyl groups is 2. The summed E-state index contributed by atoms with van der Waals surface area (Å²) in [4.78, 5) is 2.19. The molecule has 3 aromatic carbocycles. The number of aliphatic hydroxyl groups excluding tert-OH is 1. The van der Waals surface area contributed by atoms with Crippen molar-refractivity contribution in [2.24, 2.45) is 0 Å². The molecule has 1 fully saturated rings. The molecule has 4 rings (SSSR count). The van der Waals surface area contributed by atoms with E-state index in [1.54, 1.807) is 6.92 Å². The maximum absolute atomic E-state index is 10.6. The molecule has 32 heavy (non-hydrogen) atoms. The van der Waals surface area contributed by atoms with Gasteiger partial charge in [-0.15, -0.1) is 0 Å². The van der Waals surface area contributed by atoms with Gasteiger partial charge in [0.2, 0.25) is 0 Å². The van der Waals surface area contributed by atoms with Gasteiger partial charge >= 0.3 is 0 Å². The lowest BCUT2D eigenvalue weighted by Gasteiger charge is -2.18. The Morgan fingerprint density at radius 2 is 1.34 bits per heavy atom. The van der Waals surface area contributed by atoms with E-state index in [1.807, 2.05) is 6.07 Å². The number of benzene rings is 3. The SMILES string of the molecule is C.Cc1ccc(Cc2cc(Cc3ccc(N4CCC(O)C4)cc3)c(O)c(C)c2O)cc1.O. The molecule has 0 spiro atoms. The van der Waals surface area contributed by atoms with Gasteiger partial charge in [0.15, 0.2) is 0 Å². The molecular weight excluding hydrogens is 402 g/mol. The summed E-state index contributed by atoms with van der Waals surface area (Å²) in [6.45, 7) is 5.37. The number of aliphatic hydroxyl groups is 1. The summed E-state index contributed by atoms with van der Waals surface area (Å²) in [5.74, 6) is 0.326. The van der Waals surface area contributed by atoms with Crippen LogP contribution < -0.4 is 4.90 Å². The molecule has 1 heterocycles. The van der Waals surface area contributed by atoms with E-state index < -0.39 is 0 Å². The standard InChI is InChI=1S/C26H29NO3.CH4.H2O/c1-17-3-5-19(6-4-17)13-21-15-22(26(30)18(2)25(21)29)14-20-7-9-23(10-8-20)27-12-11-24(28)16-27;;/h3-10,15,24,28-30H,11-14,16H2,1-2H3;1H4;1H2. The third-order valence-corrected chi connectivity index (χ3v) is 6.04. The van der Waals surface area contributed by atoms with Crippen LogP contribution in [0.15, 0.2) is 54.6 Å². The molecule has 1 aliphatic heterocycles. The van der Waals surface area contributed by atoms with Crippen molar-refractivity contribution in [3.05, 3.63) is 88.0 Å². The Hall–Kier alpha value is -3.02. The minimum absolute atomic E-state index is 0. The number of aryl methyl sites for hydroxylation is 1. The second-order valence-electron chi connectivity index (χ2n) is 8.41. The van der Waals surface area contributed by atoms with Crippen LogP contribution in [0.25, 0.3) is 0 Å². The number of hydrogen-bond donors (Lipinski definition) is 3. The third-order valence-electron chi connectivity index (χ3n) is 6.04. The normalized spacial score (nSPS) is 15.2. The van der Waals surface area contributed by atoms with Crippen LogP contribution in [0.5, 0.6) is 11.5 Å². The predicted octanol–water partition coefficient (Wildman–Crippen LogP) is 4.28. The lowest BCUT2D eigenvalue weighted by Crippen LogP contribution is -2.20. The average Bonchev–Trinajstić information content (AvgIpc) is 3.18. The fraction of sp³-hybridized carbons (Fsp3) is 0.333. The lowest BCUT2D eigenvalue weighted by atomic mass is 9.94. The summed E-state index contributed by atoms with van der Waals surface area (Å²) in [5.41, 5.74) is 6.71. The van der Waals surface area contributed by atoms with Crippen LogP contribution in [0.3, 0.4) is 0 Å². The van der Waals surface area contributed by atoms with Gasteiger partial charge in [0.05, 0.1) is 6.10 Å². The van der Waals surface area contributed by atoms with E-state index in [1.165, 1.54) is 5.56 Å². The van der Waals surface area contributed by atoms with E-state index in [9.17, 15) is 15.3 Å². The van der Waals surface area contributed by atoms with Gasteiger partial charge in [-0.1, -0.05) is 49.4 Å². The van der Waals surface area contributed by atoms with Crippen LogP contribution in [0.4, 0.5) is 5.69 Å². The van der Waals surface area contributed by atoms with Crippen molar-refractivity contribution in [2.75, 3.05) is 18.0 Å². The largest absolute Gasteiger partial charge is 0.507 e. The number of rotatable bonds is 5. The molecule has 0 radical (unpaired) electrons. The molecule has 172 valence electrons. The van der Waals surface area contributed by atoms with Gasteiger partial charge in [-0.3, -0.25) is 0 Å². The molecule has 5 nitrogen and oxygen atoms in total. The Balaban J connectivity index is 0.00000181. The zero-order valence-electron chi connectivity index (χ0n) is 18.1. The predicted molar refractivity (Wildman–Crippen MR) is 131 cm³/mol. The monoisotopic (exact) mass is 437 g/mol. The number of phenols is 2. The molecule has 0 saturated carbocycles. The van der Waals surface area contributed by atoms with Crippen LogP contribution in [0.1, 0.15) is 47.2 Å². The first kappa shape index (κ1) is 25.2. The molecule has 1 atom stereocenters. The minimum atomic E-state index is -0.242. The maximum atomic E-state index is 10.6. The molecule has 1 unspecified atom stereocenters. The van der Waals surface area contributed by atoms with E-state index >= 15 is 0 Å². The Morgan fingerprint density at radius 1 is 0.844 bits per heavy atom. The van der Waals surface area contributed by atoms with Crippen molar-refractivity contribution in [1.82, 2.24) is 0 Å². The van der Waals surface area contributed by atoms with Gasteiger partial charge in [-0.25, -0.2) is 0 Å². The number of hydrogen-bond acceptors (Lipinski definition) is 4. The number of anilines is 1. The molecule has 0 amide bonds. The van der Waals surface area contributed by atoms with Crippen molar-refractivity contribution >= 4 is 5.69 Å². The Bertz CT molecular complexity index is 1030. The zero-order valence-corrected chi connectivity index (χ0v) is 18.1. The van der Waals surface area contributed by atoms with Crippen molar-refractivity contribution in [3.63, 3.8) is 0 Å². The van der Waals surface area contributed by atoms with E-state index in [-0.39, 0.29) is 30.5 Å². The smallest absolute Gasteiger partial charge is 0.125 e. The first-order chi connectivity index (χ1) is 14.4. The van der Waals surface area contributed by atoms with Gasteiger partial charge in [-0.2, -0.15) is 0 Å².